The maximum atomic E-state index is 5.57. The van der Waals surface area contributed by atoms with Crippen LogP contribution in [0.3, 0.4) is 0 Å². The summed E-state index contributed by atoms with van der Waals surface area (Å²) in [5, 5.41) is 7.91. The van der Waals surface area contributed by atoms with E-state index in [1.807, 2.05) is 12.1 Å². The fourth-order valence-corrected chi connectivity index (χ4v) is 4.33. The molecule has 1 saturated heterocycles. The van der Waals surface area contributed by atoms with Gasteiger partial charge in [-0.1, -0.05) is 18.0 Å². The van der Waals surface area contributed by atoms with Crippen molar-refractivity contribution >= 4 is 12.4 Å². The van der Waals surface area contributed by atoms with Crippen molar-refractivity contribution in [2.24, 2.45) is 5.92 Å². The molecule has 2 aromatic rings. The van der Waals surface area contributed by atoms with Crippen LogP contribution in [-0.2, 0) is 6.42 Å². The van der Waals surface area contributed by atoms with E-state index >= 15 is 0 Å². The van der Waals surface area contributed by atoms with Gasteiger partial charge in [-0.15, -0.1) is 12.4 Å². The van der Waals surface area contributed by atoms with Crippen molar-refractivity contribution in [2.45, 2.75) is 50.6 Å². The van der Waals surface area contributed by atoms with E-state index in [0.717, 1.165) is 42.6 Å². The maximum absolute atomic E-state index is 5.57. The summed E-state index contributed by atoms with van der Waals surface area (Å²) < 4.78 is 11.1. The fourth-order valence-electron chi connectivity index (χ4n) is 4.33. The molecule has 3 heterocycles. The Morgan fingerprint density at radius 1 is 1.17 bits per heavy atom. The molecule has 2 fully saturated rings. The molecular formula is C18H22ClN3O2. The molecule has 0 bridgehead atoms. The van der Waals surface area contributed by atoms with Crippen LogP contribution in [0.15, 0.2) is 22.7 Å². The second-order valence-corrected chi connectivity index (χ2v) is 6.98. The topological polar surface area (TPSA) is 60.2 Å². The Bertz CT molecular complexity index is 719. The average molecular weight is 348 g/mol. The predicted molar refractivity (Wildman–Crippen MR) is 92.4 cm³/mol. The number of aromatic nitrogens is 2. The van der Waals surface area contributed by atoms with Crippen LogP contribution in [0, 0.1) is 5.92 Å². The first-order valence-corrected chi connectivity index (χ1v) is 8.72. The van der Waals surface area contributed by atoms with Gasteiger partial charge in [0, 0.05) is 18.0 Å². The number of nitrogens with zero attached hydrogens (tertiary/aromatic N) is 2. The van der Waals surface area contributed by atoms with Crippen molar-refractivity contribution < 1.29 is 9.26 Å². The Labute approximate surface area is 147 Å². The Morgan fingerprint density at radius 2 is 2.08 bits per heavy atom. The van der Waals surface area contributed by atoms with Gasteiger partial charge < -0.3 is 14.6 Å². The molecule has 0 amide bonds. The van der Waals surface area contributed by atoms with Crippen LogP contribution in [0.25, 0.3) is 11.4 Å². The summed E-state index contributed by atoms with van der Waals surface area (Å²) in [7, 11) is 0. The summed E-state index contributed by atoms with van der Waals surface area (Å²) >= 11 is 0. The molecule has 1 aromatic heterocycles. The molecule has 1 N–H and O–H groups in total. The van der Waals surface area contributed by atoms with Gasteiger partial charge in [0.25, 0.3) is 0 Å². The van der Waals surface area contributed by atoms with Crippen LogP contribution in [0.1, 0.15) is 49.6 Å². The normalized spacial score (nSPS) is 27.9. The zero-order chi connectivity index (χ0) is 15.2. The lowest BCUT2D eigenvalue weighted by atomic mass is 9.85. The highest BCUT2D eigenvalue weighted by atomic mass is 35.5. The van der Waals surface area contributed by atoms with Crippen molar-refractivity contribution in [3.8, 4) is 17.1 Å². The highest BCUT2D eigenvalue weighted by Crippen LogP contribution is 2.39. The number of fused-ring (bicyclic) bond motifs is 2. The molecule has 6 heteroatoms. The van der Waals surface area contributed by atoms with Crippen LogP contribution >= 0.6 is 12.4 Å². The van der Waals surface area contributed by atoms with Crippen molar-refractivity contribution in [3.05, 3.63) is 29.7 Å². The molecule has 0 spiro atoms. The standard InChI is InChI=1S/C18H21N3O2.ClH/c1-2-4-14-11(3-1)10-15(19-14)18-20-17(21-23-18)13-5-6-16-12(9-13)7-8-22-16;/h5-6,9,11,14-15,19H,1-4,7-8,10H2;1H. The van der Waals surface area contributed by atoms with E-state index in [1.54, 1.807) is 0 Å². The minimum absolute atomic E-state index is 0. The summed E-state index contributed by atoms with van der Waals surface area (Å²) in [6, 6.07) is 7.01. The molecule has 1 aromatic carbocycles. The summed E-state index contributed by atoms with van der Waals surface area (Å²) in [5.74, 6) is 3.19. The number of benzene rings is 1. The summed E-state index contributed by atoms with van der Waals surface area (Å²) in [5.41, 5.74) is 2.25. The van der Waals surface area contributed by atoms with Gasteiger partial charge in [0.15, 0.2) is 0 Å². The minimum Gasteiger partial charge on any atom is -0.493 e. The summed E-state index contributed by atoms with van der Waals surface area (Å²) in [4.78, 5) is 4.66. The molecule has 2 aliphatic heterocycles. The Hall–Kier alpha value is -1.59. The number of halogens is 1. The van der Waals surface area contributed by atoms with Crippen molar-refractivity contribution in [3.63, 3.8) is 0 Å². The van der Waals surface area contributed by atoms with Crippen molar-refractivity contribution in [1.82, 2.24) is 15.5 Å². The van der Waals surface area contributed by atoms with Gasteiger partial charge in [-0.2, -0.15) is 4.98 Å². The molecule has 24 heavy (non-hydrogen) atoms. The first-order valence-electron chi connectivity index (χ1n) is 8.72. The second kappa shape index (κ2) is 6.37. The Balaban J connectivity index is 0.00000146. The third-order valence-electron chi connectivity index (χ3n) is 5.55. The van der Waals surface area contributed by atoms with E-state index in [-0.39, 0.29) is 18.4 Å². The fraction of sp³-hybridized carbons (Fsp3) is 0.556. The van der Waals surface area contributed by atoms with Gasteiger partial charge in [0.2, 0.25) is 11.7 Å². The van der Waals surface area contributed by atoms with Crippen LogP contribution in [0.4, 0.5) is 0 Å². The minimum atomic E-state index is 0. The van der Waals surface area contributed by atoms with E-state index < -0.39 is 0 Å². The zero-order valence-corrected chi connectivity index (χ0v) is 14.3. The van der Waals surface area contributed by atoms with Gasteiger partial charge in [0.05, 0.1) is 12.6 Å². The zero-order valence-electron chi connectivity index (χ0n) is 13.5. The molecule has 3 atom stereocenters. The van der Waals surface area contributed by atoms with Gasteiger partial charge in [-0.25, -0.2) is 0 Å². The molecular weight excluding hydrogens is 326 g/mol. The largest absolute Gasteiger partial charge is 0.493 e. The molecule has 128 valence electrons. The quantitative estimate of drug-likeness (QED) is 0.897. The Morgan fingerprint density at radius 3 is 3.00 bits per heavy atom. The molecule has 1 aliphatic carbocycles. The number of ether oxygens (including phenoxy) is 1. The molecule has 5 nitrogen and oxygen atoms in total. The SMILES string of the molecule is Cl.c1cc2c(cc1-c1noc(C3CC4CCCCC4N3)n1)CCO2. The number of nitrogens with one attached hydrogen (secondary N) is 1. The lowest BCUT2D eigenvalue weighted by Gasteiger charge is -2.24. The van der Waals surface area contributed by atoms with Crippen molar-refractivity contribution in [1.29, 1.82) is 0 Å². The molecule has 5 rings (SSSR count). The second-order valence-electron chi connectivity index (χ2n) is 6.98. The smallest absolute Gasteiger partial charge is 0.244 e. The molecule has 3 aliphatic rings. The van der Waals surface area contributed by atoms with Gasteiger partial charge in [-0.05, 0) is 48.9 Å². The number of hydrogen-bond acceptors (Lipinski definition) is 5. The molecule has 3 unspecified atom stereocenters. The van der Waals surface area contributed by atoms with E-state index in [0.29, 0.717) is 11.9 Å². The van der Waals surface area contributed by atoms with Gasteiger partial charge >= 0.3 is 0 Å². The average Bonchev–Trinajstić information content (AvgIpc) is 3.31. The molecule has 1 saturated carbocycles. The van der Waals surface area contributed by atoms with Crippen LogP contribution < -0.4 is 10.1 Å². The first-order chi connectivity index (χ1) is 11.4. The third-order valence-corrected chi connectivity index (χ3v) is 5.55. The van der Waals surface area contributed by atoms with Crippen LogP contribution in [0.2, 0.25) is 0 Å². The highest BCUT2D eigenvalue weighted by Gasteiger charge is 2.38. The van der Waals surface area contributed by atoms with Gasteiger partial charge in [0.1, 0.15) is 5.75 Å². The monoisotopic (exact) mass is 347 g/mol. The van der Waals surface area contributed by atoms with E-state index in [1.165, 1.54) is 31.2 Å². The van der Waals surface area contributed by atoms with Crippen LogP contribution in [0.5, 0.6) is 5.75 Å². The van der Waals surface area contributed by atoms with E-state index in [9.17, 15) is 0 Å². The number of rotatable bonds is 2. The lowest BCUT2D eigenvalue weighted by molar-refractivity contribution is 0.324. The van der Waals surface area contributed by atoms with Crippen molar-refractivity contribution in [2.75, 3.05) is 6.61 Å². The van der Waals surface area contributed by atoms with Gasteiger partial charge in [-0.3, -0.25) is 0 Å². The number of hydrogen-bond donors (Lipinski definition) is 1. The summed E-state index contributed by atoms with van der Waals surface area (Å²) in [6.45, 7) is 0.769. The van der Waals surface area contributed by atoms with E-state index in [4.69, 9.17) is 9.26 Å². The van der Waals surface area contributed by atoms with Crippen LogP contribution in [-0.4, -0.2) is 22.8 Å². The predicted octanol–water partition coefficient (Wildman–Crippen LogP) is 3.69. The Kier molecular flexibility index (Phi) is 4.22. The first kappa shape index (κ1) is 15.9. The summed E-state index contributed by atoms with van der Waals surface area (Å²) in [6.07, 6.45) is 7.41. The van der Waals surface area contributed by atoms with E-state index in [2.05, 4.69) is 21.5 Å². The third kappa shape index (κ3) is 2.70. The maximum Gasteiger partial charge on any atom is 0.244 e. The molecule has 0 radical (unpaired) electrons. The highest BCUT2D eigenvalue weighted by molar-refractivity contribution is 5.85. The lowest BCUT2D eigenvalue weighted by Crippen LogP contribution is -2.30.